The molecule has 0 fully saturated rings. The molecule has 58 heavy (non-hydrogen) atoms. The molecule has 0 aromatic heterocycles. The average molecular weight is 860 g/mol. The summed E-state index contributed by atoms with van der Waals surface area (Å²) in [5.41, 5.74) is 8.22. The minimum atomic E-state index is -0.391. The molecule has 0 saturated carbocycles. The number of benzene rings is 6. The topological polar surface area (TPSA) is 80.1 Å². The van der Waals surface area contributed by atoms with Crippen LogP contribution in [0.1, 0.15) is 53.0 Å². The van der Waals surface area contributed by atoms with E-state index in [1.165, 1.54) is 0 Å². The Balaban J connectivity index is 0.00000214. The summed E-state index contributed by atoms with van der Waals surface area (Å²) in [7, 11) is 6.70. The van der Waals surface area contributed by atoms with Gasteiger partial charge in [-0.05, 0) is 105 Å². The van der Waals surface area contributed by atoms with Crippen LogP contribution in [0.15, 0.2) is 156 Å². The van der Waals surface area contributed by atoms with Gasteiger partial charge in [0.05, 0.1) is 34.9 Å². The van der Waals surface area contributed by atoms with Crippen LogP contribution >= 0.6 is 0 Å². The number of hydrogen-bond donors (Lipinski definition) is 0. The molecule has 0 bridgehead atoms. The van der Waals surface area contributed by atoms with Crippen molar-refractivity contribution in [3.8, 4) is 45.3 Å². The molecule has 2 aliphatic heterocycles. The van der Waals surface area contributed by atoms with Gasteiger partial charge in [0.15, 0.2) is 24.0 Å². The maximum absolute atomic E-state index is 6.76. The zero-order valence-electron chi connectivity index (χ0n) is 32.3. The summed E-state index contributed by atoms with van der Waals surface area (Å²) in [6.07, 6.45) is -0.492. The van der Waals surface area contributed by atoms with Crippen molar-refractivity contribution in [1.29, 1.82) is 0 Å². The van der Waals surface area contributed by atoms with Crippen molar-refractivity contribution >= 4 is 11.8 Å². The van der Waals surface area contributed by atoms with Gasteiger partial charge in [-0.3, -0.25) is 0 Å². The van der Waals surface area contributed by atoms with Gasteiger partial charge in [0, 0.05) is 0 Å². The second-order valence-electron chi connectivity index (χ2n) is 13.5. The van der Waals surface area contributed by atoms with Crippen LogP contribution in [0.5, 0.6) is 23.0 Å². The third kappa shape index (κ3) is 9.45. The Morgan fingerprint density at radius 1 is 0.414 bits per heavy atom. The van der Waals surface area contributed by atoms with Crippen LogP contribution in [0, 0.1) is 0 Å². The van der Waals surface area contributed by atoms with Gasteiger partial charge < -0.3 is 53.2 Å². The summed E-state index contributed by atoms with van der Waals surface area (Å²) in [5, 5.41) is 0. The molecule has 0 N–H and O–H groups in total. The Labute approximate surface area is 362 Å². The molecule has 0 amide bonds. The first-order chi connectivity index (χ1) is 27.0. The van der Waals surface area contributed by atoms with Crippen molar-refractivity contribution in [3.63, 3.8) is 0 Å². The molecule has 0 saturated heterocycles. The summed E-state index contributed by atoms with van der Waals surface area (Å²) in [4.78, 5) is 10.5. The number of halogens is 2. The number of nitrogens with zero attached hydrogens (tertiary/aromatic N) is 2. The average Bonchev–Trinajstić information content (AvgIpc) is 3.89. The summed E-state index contributed by atoms with van der Waals surface area (Å²) in [6.45, 7) is 0. The SMILES string of the molecule is COc1cccc(-c2cccc([C@H]3N=C(CC4=N[C@H](c5cccc(-c6cccc(OC)c6)c5)C(c5cccc(OC)c5)O4)OC3c3cccc(OC)c3)c2)c1.[Cl-].[Cl-].[Ni+2]. The van der Waals surface area contributed by atoms with Crippen molar-refractivity contribution in [2.45, 2.75) is 30.7 Å². The zero-order chi connectivity index (χ0) is 37.7. The summed E-state index contributed by atoms with van der Waals surface area (Å²) in [6, 6.07) is 48.3. The molecule has 0 aliphatic carbocycles. The molecule has 2 unspecified atom stereocenters. The van der Waals surface area contributed by atoms with Gasteiger partial charge in [0.2, 0.25) is 0 Å². The van der Waals surface area contributed by atoms with Gasteiger partial charge in [-0.25, -0.2) is 9.98 Å². The maximum Gasteiger partial charge on any atom is 2.00 e. The molecule has 11 heteroatoms. The molecule has 2 aliphatic rings. The molecule has 0 radical (unpaired) electrons. The molecule has 4 atom stereocenters. The molecule has 6 aromatic rings. The van der Waals surface area contributed by atoms with Crippen LogP contribution in [0.25, 0.3) is 22.3 Å². The van der Waals surface area contributed by atoms with Gasteiger partial charge >= 0.3 is 16.5 Å². The third-order valence-corrected chi connectivity index (χ3v) is 10.1. The van der Waals surface area contributed by atoms with E-state index in [0.29, 0.717) is 18.2 Å². The van der Waals surface area contributed by atoms with E-state index in [1.54, 1.807) is 28.4 Å². The standard InChI is InChI=1S/C47H42N2O6.2ClH.Ni/c1-50-38-19-7-13-32(25-38)30-11-5-15-34(23-30)44-46(36-17-9-21-40(27-36)52-3)54-42(48-44)29-43-49-45(47(55-43)37-18-10-22-41(28-37)53-4)35-16-6-12-31(24-35)33-14-8-20-39(26-33)51-2;;;/h5-28,44-47H,29H2,1-4H3;2*1H;/q;;;+2/p-2/t44-,45-,46?,47?;;;/m1.../s1. The van der Waals surface area contributed by atoms with Crippen molar-refractivity contribution in [2.24, 2.45) is 9.98 Å². The fraction of sp³-hybridized carbons (Fsp3) is 0.191. The van der Waals surface area contributed by atoms with Gasteiger partial charge in [-0.2, -0.15) is 0 Å². The smallest absolute Gasteiger partial charge is 1.00 e. The summed E-state index contributed by atoms with van der Waals surface area (Å²) < 4.78 is 35.7. The van der Waals surface area contributed by atoms with Gasteiger partial charge in [0.25, 0.3) is 0 Å². The predicted octanol–water partition coefficient (Wildman–Crippen LogP) is 4.57. The number of hydrogen-bond acceptors (Lipinski definition) is 8. The molecule has 8 nitrogen and oxygen atoms in total. The minimum Gasteiger partial charge on any atom is -1.00 e. The quantitative estimate of drug-likeness (QED) is 0.168. The fourth-order valence-electron chi connectivity index (χ4n) is 7.28. The van der Waals surface area contributed by atoms with Crippen molar-refractivity contribution < 1.29 is 69.7 Å². The third-order valence-electron chi connectivity index (χ3n) is 10.1. The number of ether oxygens (including phenoxy) is 6. The van der Waals surface area contributed by atoms with Crippen LogP contribution in [-0.4, -0.2) is 40.2 Å². The molecule has 0 spiro atoms. The Morgan fingerprint density at radius 2 is 0.724 bits per heavy atom. The largest absolute Gasteiger partial charge is 2.00 e. The van der Waals surface area contributed by atoms with Crippen molar-refractivity contribution in [3.05, 3.63) is 168 Å². The summed E-state index contributed by atoms with van der Waals surface area (Å²) >= 11 is 0. The molecule has 2 heterocycles. The first kappa shape index (κ1) is 43.7. The van der Waals surface area contributed by atoms with E-state index >= 15 is 0 Å². The molecule has 8 rings (SSSR count). The van der Waals surface area contributed by atoms with Gasteiger partial charge in [-0.1, -0.05) is 84.9 Å². The fourth-order valence-corrected chi connectivity index (χ4v) is 7.28. The first-order valence-corrected chi connectivity index (χ1v) is 18.2. The minimum absolute atomic E-state index is 0. The van der Waals surface area contributed by atoms with Crippen LogP contribution < -0.4 is 43.8 Å². The molecular formula is C47H42Cl2N2NiO6. The van der Waals surface area contributed by atoms with Gasteiger partial charge in [-0.15, -0.1) is 0 Å². The number of aliphatic imine (C=N–C) groups is 2. The normalized spacial score (nSPS) is 17.8. The van der Waals surface area contributed by atoms with Crippen molar-refractivity contribution in [1.82, 2.24) is 0 Å². The zero-order valence-corrected chi connectivity index (χ0v) is 34.8. The monoisotopic (exact) mass is 858 g/mol. The molecule has 300 valence electrons. The van der Waals surface area contributed by atoms with Crippen molar-refractivity contribution in [2.75, 3.05) is 28.4 Å². The molecule has 6 aromatic carbocycles. The van der Waals surface area contributed by atoms with E-state index in [2.05, 4.69) is 72.8 Å². The van der Waals surface area contributed by atoms with E-state index in [0.717, 1.165) is 67.5 Å². The van der Waals surface area contributed by atoms with Crippen LogP contribution in [0.2, 0.25) is 0 Å². The van der Waals surface area contributed by atoms with Crippen LogP contribution in [0.3, 0.4) is 0 Å². The number of methoxy groups -OCH3 is 4. The van der Waals surface area contributed by atoms with Crippen LogP contribution in [0.4, 0.5) is 0 Å². The molecular weight excluding hydrogens is 818 g/mol. The summed E-state index contributed by atoms with van der Waals surface area (Å²) in [5.74, 6) is 4.22. The Morgan fingerprint density at radius 3 is 1.10 bits per heavy atom. The maximum atomic E-state index is 6.76. The van der Waals surface area contributed by atoms with E-state index in [-0.39, 0.29) is 53.4 Å². The predicted molar refractivity (Wildman–Crippen MR) is 215 cm³/mol. The second-order valence-corrected chi connectivity index (χ2v) is 13.5. The van der Waals surface area contributed by atoms with E-state index in [1.807, 2.05) is 72.8 Å². The Kier molecular flexibility index (Phi) is 14.9. The van der Waals surface area contributed by atoms with E-state index < -0.39 is 12.2 Å². The second kappa shape index (κ2) is 19.8. The first-order valence-electron chi connectivity index (χ1n) is 18.2. The van der Waals surface area contributed by atoms with E-state index in [4.69, 9.17) is 38.4 Å². The Bertz CT molecular complexity index is 2230. The Hall–Kier alpha value is -5.47. The van der Waals surface area contributed by atoms with Crippen LogP contribution in [-0.2, 0) is 26.0 Å². The van der Waals surface area contributed by atoms with E-state index in [9.17, 15) is 0 Å². The van der Waals surface area contributed by atoms with Gasteiger partial charge in [0.1, 0.15) is 35.1 Å². The number of rotatable bonds is 12.